The molecule has 5 nitrogen and oxygen atoms in total. The highest BCUT2D eigenvalue weighted by Gasteiger charge is 2.35. The summed E-state index contributed by atoms with van der Waals surface area (Å²) in [6.45, 7) is 2.85. The molecule has 2 saturated heterocycles. The van der Waals surface area contributed by atoms with Crippen molar-refractivity contribution in [1.82, 2.24) is 10.6 Å². The molecule has 0 radical (unpaired) electrons. The number of benzene rings is 2. The monoisotopic (exact) mass is 574 g/mol. The second kappa shape index (κ2) is 11.4. The Labute approximate surface area is 209 Å². The number of ether oxygens (including phenoxy) is 1. The second-order valence-electron chi connectivity index (χ2n) is 8.48. The van der Waals surface area contributed by atoms with Crippen LogP contribution >= 0.6 is 24.0 Å². The molecular formula is C24H30F3IN4O. The molecule has 180 valence electrons. The van der Waals surface area contributed by atoms with Crippen LogP contribution in [0.1, 0.15) is 24.8 Å². The number of anilines is 1. The third kappa shape index (κ3) is 5.92. The van der Waals surface area contributed by atoms with Crippen LogP contribution in [0.25, 0.3) is 0 Å². The Balaban J connectivity index is 0.00000306. The minimum Gasteiger partial charge on any atom is -0.381 e. The van der Waals surface area contributed by atoms with Gasteiger partial charge in [-0.3, -0.25) is 4.99 Å². The van der Waals surface area contributed by atoms with Crippen LogP contribution in [0.15, 0.2) is 47.5 Å². The Bertz CT molecular complexity index is 948. The predicted molar refractivity (Wildman–Crippen MR) is 135 cm³/mol. The van der Waals surface area contributed by atoms with Gasteiger partial charge in [0.15, 0.2) is 5.96 Å². The summed E-state index contributed by atoms with van der Waals surface area (Å²) in [5, 5.41) is 6.77. The van der Waals surface area contributed by atoms with Crippen molar-refractivity contribution in [2.75, 3.05) is 44.8 Å². The molecular weight excluding hydrogens is 544 g/mol. The summed E-state index contributed by atoms with van der Waals surface area (Å²) in [7, 11) is 1.69. The van der Waals surface area contributed by atoms with E-state index in [2.05, 4.69) is 15.6 Å². The number of aliphatic imine (C=N–C) groups is 1. The second-order valence-corrected chi connectivity index (χ2v) is 8.48. The van der Waals surface area contributed by atoms with E-state index in [9.17, 15) is 13.2 Å². The first-order valence-electron chi connectivity index (χ1n) is 11.0. The molecule has 0 aromatic heterocycles. The molecule has 4 rings (SSSR count). The third-order valence-electron chi connectivity index (χ3n) is 6.49. The number of halogens is 4. The maximum absolute atomic E-state index is 14.1. The molecule has 2 aromatic carbocycles. The van der Waals surface area contributed by atoms with Gasteiger partial charge in [0.05, 0.1) is 0 Å². The summed E-state index contributed by atoms with van der Waals surface area (Å²) in [5.41, 5.74) is 0.716. The van der Waals surface area contributed by atoms with Gasteiger partial charge in [0.2, 0.25) is 0 Å². The van der Waals surface area contributed by atoms with Gasteiger partial charge in [0.25, 0.3) is 0 Å². The average molecular weight is 574 g/mol. The molecule has 0 amide bonds. The fraction of sp³-hybridized carbons (Fsp3) is 0.458. The maximum Gasteiger partial charge on any atom is 0.191 e. The first kappa shape index (κ1) is 25.6. The van der Waals surface area contributed by atoms with E-state index >= 15 is 0 Å². The predicted octanol–water partition coefficient (Wildman–Crippen LogP) is 4.21. The number of nitrogens with one attached hydrogen (secondary N) is 2. The smallest absolute Gasteiger partial charge is 0.191 e. The lowest BCUT2D eigenvalue weighted by Crippen LogP contribution is -2.50. The molecule has 0 bridgehead atoms. The van der Waals surface area contributed by atoms with Crippen molar-refractivity contribution in [2.24, 2.45) is 4.99 Å². The average Bonchev–Trinajstić information content (AvgIpc) is 3.25. The lowest BCUT2D eigenvalue weighted by atomic mass is 9.74. The number of hydrogen-bond acceptors (Lipinski definition) is 3. The third-order valence-corrected chi connectivity index (χ3v) is 6.49. The molecule has 2 aliphatic rings. The van der Waals surface area contributed by atoms with Crippen LogP contribution in [0.2, 0.25) is 0 Å². The number of guanidine groups is 1. The maximum atomic E-state index is 14.1. The number of rotatable bonds is 5. The highest BCUT2D eigenvalue weighted by Crippen LogP contribution is 2.34. The zero-order chi connectivity index (χ0) is 22.6. The van der Waals surface area contributed by atoms with E-state index in [1.165, 1.54) is 24.3 Å². The van der Waals surface area contributed by atoms with Crippen molar-refractivity contribution in [1.29, 1.82) is 0 Å². The van der Waals surface area contributed by atoms with Crippen LogP contribution in [0.5, 0.6) is 0 Å². The van der Waals surface area contributed by atoms with Crippen LogP contribution in [-0.2, 0) is 10.2 Å². The van der Waals surface area contributed by atoms with Crippen molar-refractivity contribution >= 4 is 35.6 Å². The largest absolute Gasteiger partial charge is 0.381 e. The van der Waals surface area contributed by atoms with Gasteiger partial charge >= 0.3 is 0 Å². The summed E-state index contributed by atoms with van der Waals surface area (Å²) in [5.74, 6) is -0.732. The fourth-order valence-corrected chi connectivity index (χ4v) is 4.66. The first-order valence-corrected chi connectivity index (χ1v) is 11.0. The minimum absolute atomic E-state index is 0. The SMILES string of the molecule is CN=C(NCC1(c2cccc(F)c2)CCOCC1)NC1CCN(c2c(F)cccc2F)C1.I. The topological polar surface area (TPSA) is 48.9 Å². The molecule has 2 fully saturated rings. The van der Waals surface area contributed by atoms with Crippen molar-refractivity contribution in [3.8, 4) is 0 Å². The van der Waals surface area contributed by atoms with E-state index in [1.54, 1.807) is 24.1 Å². The van der Waals surface area contributed by atoms with Gasteiger partial charge in [0.1, 0.15) is 23.1 Å². The number of nitrogens with zero attached hydrogens (tertiary/aromatic N) is 2. The quantitative estimate of drug-likeness (QED) is 0.319. The summed E-state index contributed by atoms with van der Waals surface area (Å²) >= 11 is 0. The fourth-order valence-electron chi connectivity index (χ4n) is 4.66. The van der Waals surface area contributed by atoms with E-state index < -0.39 is 11.6 Å². The summed E-state index contributed by atoms with van der Waals surface area (Å²) in [6, 6.07) is 10.7. The first-order chi connectivity index (χ1) is 15.5. The van der Waals surface area contributed by atoms with Crippen molar-refractivity contribution in [3.05, 3.63) is 65.5 Å². The van der Waals surface area contributed by atoms with Crippen LogP contribution < -0.4 is 15.5 Å². The van der Waals surface area contributed by atoms with Crippen molar-refractivity contribution in [2.45, 2.75) is 30.7 Å². The highest BCUT2D eigenvalue weighted by atomic mass is 127. The zero-order valence-corrected chi connectivity index (χ0v) is 21.0. The molecule has 2 N–H and O–H groups in total. The summed E-state index contributed by atoms with van der Waals surface area (Å²) in [4.78, 5) is 6.06. The number of para-hydroxylation sites is 1. The van der Waals surface area contributed by atoms with Gasteiger partial charge in [-0.2, -0.15) is 0 Å². The van der Waals surface area contributed by atoms with E-state index in [1.807, 2.05) is 6.07 Å². The van der Waals surface area contributed by atoms with Gasteiger partial charge in [-0.05, 0) is 49.1 Å². The molecule has 2 heterocycles. The van der Waals surface area contributed by atoms with Crippen LogP contribution in [0.4, 0.5) is 18.9 Å². The highest BCUT2D eigenvalue weighted by molar-refractivity contribution is 14.0. The van der Waals surface area contributed by atoms with Gasteiger partial charge < -0.3 is 20.3 Å². The Kier molecular flexibility index (Phi) is 8.86. The molecule has 0 aliphatic carbocycles. The van der Waals surface area contributed by atoms with E-state index in [4.69, 9.17) is 4.74 Å². The van der Waals surface area contributed by atoms with Crippen LogP contribution in [0, 0.1) is 17.5 Å². The molecule has 2 aromatic rings. The van der Waals surface area contributed by atoms with Gasteiger partial charge in [-0.1, -0.05) is 18.2 Å². The molecule has 9 heteroatoms. The van der Waals surface area contributed by atoms with Crippen molar-refractivity contribution < 1.29 is 17.9 Å². The molecule has 2 aliphatic heterocycles. The van der Waals surface area contributed by atoms with Crippen LogP contribution in [0.3, 0.4) is 0 Å². The number of hydrogen-bond donors (Lipinski definition) is 2. The normalized spacial score (nSPS) is 20.3. The van der Waals surface area contributed by atoms with Gasteiger partial charge in [-0.15, -0.1) is 24.0 Å². The molecule has 1 unspecified atom stereocenters. The standard InChI is InChI=1S/C24H29F3N4O.HI/c1-28-23(30-19-8-11-31(15-19)22-20(26)6-3-7-21(22)27)29-16-24(9-12-32-13-10-24)17-4-2-5-18(25)14-17;/h2-7,14,19H,8-13,15-16H2,1H3,(H2,28,29,30);1H. The van der Waals surface area contributed by atoms with Gasteiger partial charge in [0, 0.05) is 51.4 Å². The Morgan fingerprint density at radius 1 is 1.12 bits per heavy atom. The zero-order valence-electron chi connectivity index (χ0n) is 18.6. The van der Waals surface area contributed by atoms with Gasteiger partial charge in [-0.25, -0.2) is 13.2 Å². The van der Waals surface area contributed by atoms with E-state index in [-0.39, 0.29) is 46.9 Å². The molecule has 1 atom stereocenters. The Morgan fingerprint density at radius 3 is 2.48 bits per heavy atom. The lowest BCUT2D eigenvalue weighted by Gasteiger charge is -2.38. The van der Waals surface area contributed by atoms with E-state index in [0.717, 1.165) is 24.8 Å². The summed E-state index contributed by atoms with van der Waals surface area (Å²) < 4.78 is 47.8. The Morgan fingerprint density at radius 2 is 1.82 bits per heavy atom. The van der Waals surface area contributed by atoms with Crippen LogP contribution in [-0.4, -0.2) is 51.9 Å². The summed E-state index contributed by atoms with van der Waals surface area (Å²) in [6.07, 6.45) is 2.30. The molecule has 0 saturated carbocycles. The molecule has 33 heavy (non-hydrogen) atoms. The Hall–Kier alpha value is -2.01. The lowest BCUT2D eigenvalue weighted by molar-refractivity contribution is 0.0512. The molecule has 0 spiro atoms. The minimum atomic E-state index is -0.551. The van der Waals surface area contributed by atoms with E-state index in [0.29, 0.717) is 38.8 Å². The van der Waals surface area contributed by atoms with Crippen molar-refractivity contribution in [3.63, 3.8) is 0 Å².